The Bertz CT molecular complexity index is 642. The van der Waals surface area contributed by atoms with Crippen LogP contribution in [0.15, 0.2) is 22.6 Å². The first-order chi connectivity index (χ1) is 11.0. The van der Waals surface area contributed by atoms with Gasteiger partial charge < -0.3 is 14.2 Å². The van der Waals surface area contributed by atoms with Crippen LogP contribution in [0.5, 0.6) is 0 Å². The molecular weight excluding hydrogens is 288 g/mol. The molecule has 0 atom stereocenters. The molecule has 0 spiro atoms. The van der Waals surface area contributed by atoms with E-state index in [9.17, 15) is 0 Å². The van der Waals surface area contributed by atoms with Crippen LogP contribution in [0.25, 0.3) is 11.1 Å². The number of piperazine rings is 1. The van der Waals surface area contributed by atoms with Crippen molar-refractivity contribution in [3.05, 3.63) is 23.8 Å². The van der Waals surface area contributed by atoms with Crippen molar-refractivity contribution in [1.82, 2.24) is 14.8 Å². The van der Waals surface area contributed by atoms with Crippen LogP contribution in [0.4, 0.5) is 6.01 Å². The summed E-state index contributed by atoms with van der Waals surface area (Å²) >= 11 is 0. The molecule has 0 saturated carbocycles. The first kappa shape index (κ1) is 16.3. The Labute approximate surface area is 138 Å². The summed E-state index contributed by atoms with van der Waals surface area (Å²) in [5, 5.41) is 0. The summed E-state index contributed by atoms with van der Waals surface area (Å²) in [4.78, 5) is 11.7. The van der Waals surface area contributed by atoms with E-state index < -0.39 is 0 Å². The molecule has 3 rings (SSSR count). The topological polar surface area (TPSA) is 35.8 Å². The molecule has 23 heavy (non-hydrogen) atoms. The fourth-order valence-electron chi connectivity index (χ4n) is 2.93. The Morgan fingerprint density at radius 2 is 1.91 bits per heavy atom. The van der Waals surface area contributed by atoms with Crippen molar-refractivity contribution in [2.24, 2.45) is 0 Å². The summed E-state index contributed by atoms with van der Waals surface area (Å²) in [6, 6.07) is 7.11. The van der Waals surface area contributed by atoms with E-state index in [4.69, 9.17) is 9.40 Å². The lowest BCUT2D eigenvalue weighted by Gasteiger charge is -2.34. The molecule has 0 bridgehead atoms. The Balaban J connectivity index is 1.65. The van der Waals surface area contributed by atoms with Crippen LogP contribution in [-0.4, -0.2) is 68.1 Å². The van der Waals surface area contributed by atoms with Gasteiger partial charge in [0.1, 0.15) is 5.52 Å². The van der Waals surface area contributed by atoms with Crippen molar-refractivity contribution < 1.29 is 4.42 Å². The molecule has 126 valence electrons. The molecule has 0 N–H and O–H groups in total. The molecule has 0 amide bonds. The molecule has 2 aromatic rings. The Morgan fingerprint density at radius 3 is 2.57 bits per heavy atom. The van der Waals surface area contributed by atoms with Gasteiger partial charge in [0.2, 0.25) is 0 Å². The molecule has 1 aromatic carbocycles. The number of likely N-dealkylation sites (N-methyl/N-ethyl adjacent to an activating group) is 1. The Morgan fingerprint density at radius 1 is 1.17 bits per heavy atom. The number of aromatic nitrogens is 1. The van der Waals surface area contributed by atoms with E-state index in [1.807, 2.05) is 0 Å². The third-order valence-electron chi connectivity index (χ3n) is 4.57. The molecule has 0 radical (unpaired) electrons. The molecule has 1 aliphatic heterocycles. The number of anilines is 1. The standard InChI is InChI=1S/C18H28N4O/c1-14(2)15-5-6-17-16(13-15)19-18(23-17)22-11-9-21(10-12-22)8-7-20(3)4/h5-6,13-14H,7-12H2,1-4H3. The van der Waals surface area contributed by atoms with Crippen LogP contribution in [0, 0.1) is 0 Å². The van der Waals surface area contributed by atoms with Gasteiger partial charge in [-0.1, -0.05) is 19.9 Å². The monoisotopic (exact) mass is 316 g/mol. The van der Waals surface area contributed by atoms with Crippen molar-refractivity contribution in [1.29, 1.82) is 0 Å². The maximum Gasteiger partial charge on any atom is 0.298 e. The highest BCUT2D eigenvalue weighted by Crippen LogP contribution is 2.26. The van der Waals surface area contributed by atoms with Gasteiger partial charge in [-0.05, 0) is 37.7 Å². The normalized spacial score (nSPS) is 16.9. The zero-order chi connectivity index (χ0) is 16.4. The molecular formula is C18H28N4O. The third-order valence-corrected chi connectivity index (χ3v) is 4.57. The van der Waals surface area contributed by atoms with Gasteiger partial charge in [-0.2, -0.15) is 4.98 Å². The summed E-state index contributed by atoms with van der Waals surface area (Å²) in [6.45, 7) is 10.8. The highest BCUT2D eigenvalue weighted by atomic mass is 16.4. The van der Waals surface area contributed by atoms with Crippen LogP contribution < -0.4 is 4.90 Å². The number of hydrogen-bond acceptors (Lipinski definition) is 5. The van der Waals surface area contributed by atoms with Gasteiger partial charge in [0, 0.05) is 39.3 Å². The average Bonchev–Trinajstić information content (AvgIpc) is 2.96. The predicted molar refractivity (Wildman–Crippen MR) is 95.3 cm³/mol. The van der Waals surface area contributed by atoms with Crippen molar-refractivity contribution in [3.8, 4) is 0 Å². The van der Waals surface area contributed by atoms with Crippen molar-refractivity contribution in [2.45, 2.75) is 19.8 Å². The summed E-state index contributed by atoms with van der Waals surface area (Å²) in [5.74, 6) is 0.514. The van der Waals surface area contributed by atoms with E-state index in [1.165, 1.54) is 5.56 Å². The second kappa shape index (κ2) is 6.89. The lowest BCUT2D eigenvalue weighted by molar-refractivity contribution is 0.226. The lowest BCUT2D eigenvalue weighted by Crippen LogP contribution is -2.48. The molecule has 1 aliphatic rings. The van der Waals surface area contributed by atoms with Gasteiger partial charge in [-0.15, -0.1) is 0 Å². The van der Waals surface area contributed by atoms with E-state index in [2.05, 4.69) is 60.8 Å². The summed E-state index contributed by atoms with van der Waals surface area (Å²) < 4.78 is 5.96. The van der Waals surface area contributed by atoms with E-state index >= 15 is 0 Å². The largest absolute Gasteiger partial charge is 0.423 e. The highest BCUT2D eigenvalue weighted by Gasteiger charge is 2.21. The molecule has 1 aromatic heterocycles. The fourth-order valence-corrected chi connectivity index (χ4v) is 2.93. The van der Waals surface area contributed by atoms with Gasteiger partial charge in [0.25, 0.3) is 6.01 Å². The number of benzene rings is 1. The van der Waals surface area contributed by atoms with Crippen LogP contribution in [0.2, 0.25) is 0 Å². The number of oxazole rings is 1. The minimum Gasteiger partial charge on any atom is -0.423 e. The first-order valence-electron chi connectivity index (χ1n) is 8.55. The zero-order valence-electron chi connectivity index (χ0n) is 14.7. The molecule has 0 unspecified atom stereocenters. The molecule has 0 aliphatic carbocycles. The minimum absolute atomic E-state index is 0.514. The maximum absolute atomic E-state index is 5.96. The van der Waals surface area contributed by atoms with E-state index in [-0.39, 0.29) is 0 Å². The van der Waals surface area contributed by atoms with Gasteiger partial charge in [-0.3, -0.25) is 4.90 Å². The molecule has 5 nitrogen and oxygen atoms in total. The molecule has 1 fully saturated rings. The fraction of sp³-hybridized carbons (Fsp3) is 0.611. The summed E-state index contributed by atoms with van der Waals surface area (Å²) in [5.41, 5.74) is 3.17. The Kier molecular flexibility index (Phi) is 4.87. The van der Waals surface area contributed by atoms with E-state index in [1.54, 1.807) is 0 Å². The van der Waals surface area contributed by atoms with Crippen molar-refractivity contribution in [2.75, 3.05) is 58.3 Å². The second-order valence-electron chi connectivity index (χ2n) is 7.01. The highest BCUT2D eigenvalue weighted by molar-refractivity contribution is 5.75. The quantitative estimate of drug-likeness (QED) is 0.847. The van der Waals surface area contributed by atoms with E-state index in [0.29, 0.717) is 5.92 Å². The van der Waals surface area contributed by atoms with Crippen LogP contribution in [-0.2, 0) is 0 Å². The van der Waals surface area contributed by atoms with Crippen LogP contribution in [0.3, 0.4) is 0 Å². The van der Waals surface area contributed by atoms with Gasteiger partial charge >= 0.3 is 0 Å². The molecule has 5 heteroatoms. The van der Waals surface area contributed by atoms with Crippen LogP contribution in [0.1, 0.15) is 25.3 Å². The molecule has 2 heterocycles. The smallest absolute Gasteiger partial charge is 0.298 e. The molecule has 1 saturated heterocycles. The third kappa shape index (κ3) is 3.85. The number of nitrogens with zero attached hydrogens (tertiary/aromatic N) is 4. The van der Waals surface area contributed by atoms with Crippen LogP contribution >= 0.6 is 0 Å². The van der Waals surface area contributed by atoms with Crippen molar-refractivity contribution >= 4 is 17.1 Å². The van der Waals surface area contributed by atoms with Gasteiger partial charge in [-0.25, -0.2) is 0 Å². The summed E-state index contributed by atoms with van der Waals surface area (Å²) in [7, 11) is 4.25. The van der Waals surface area contributed by atoms with Gasteiger partial charge in [0.05, 0.1) is 0 Å². The first-order valence-corrected chi connectivity index (χ1v) is 8.55. The number of hydrogen-bond donors (Lipinski definition) is 0. The predicted octanol–water partition coefficient (Wildman–Crippen LogP) is 2.63. The minimum atomic E-state index is 0.514. The number of rotatable bonds is 5. The number of fused-ring (bicyclic) bond motifs is 1. The average molecular weight is 316 g/mol. The second-order valence-corrected chi connectivity index (χ2v) is 7.01. The van der Waals surface area contributed by atoms with Gasteiger partial charge in [0.15, 0.2) is 5.58 Å². The maximum atomic E-state index is 5.96. The van der Waals surface area contributed by atoms with Crippen molar-refractivity contribution in [3.63, 3.8) is 0 Å². The SMILES string of the molecule is CC(C)c1ccc2oc(N3CCN(CCN(C)C)CC3)nc2c1. The summed E-state index contributed by atoms with van der Waals surface area (Å²) in [6.07, 6.45) is 0. The van der Waals surface area contributed by atoms with E-state index in [0.717, 1.165) is 56.4 Å². The lowest BCUT2D eigenvalue weighted by atomic mass is 10.0. The Hall–Kier alpha value is -1.59. The zero-order valence-corrected chi connectivity index (χ0v) is 14.7.